The van der Waals surface area contributed by atoms with Crippen LogP contribution in [0.15, 0.2) is 49.8 Å². The summed E-state index contributed by atoms with van der Waals surface area (Å²) in [6, 6.07) is 10.6. The predicted octanol–water partition coefficient (Wildman–Crippen LogP) is 7.77. The number of aryl methyl sites for hydroxylation is 1. The van der Waals surface area contributed by atoms with E-state index in [1.807, 2.05) is 30.8 Å². The Labute approximate surface area is 182 Å². The van der Waals surface area contributed by atoms with Gasteiger partial charge in [0.1, 0.15) is 11.1 Å². The van der Waals surface area contributed by atoms with Gasteiger partial charge in [0.2, 0.25) is 0 Å². The molecule has 0 bridgehead atoms. The highest BCUT2D eigenvalue weighted by atomic mass is 79.9. The molecule has 1 aliphatic carbocycles. The van der Waals surface area contributed by atoms with Gasteiger partial charge >= 0.3 is 0 Å². The third-order valence-electron chi connectivity index (χ3n) is 4.98. The summed E-state index contributed by atoms with van der Waals surface area (Å²) in [5.41, 5.74) is 4.06. The van der Waals surface area contributed by atoms with Crippen LogP contribution in [-0.4, -0.2) is 12.0 Å². The molecule has 0 aromatic heterocycles. The molecule has 28 heavy (non-hydrogen) atoms. The van der Waals surface area contributed by atoms with Crippen molar-refractivity contribution in [2.75, 3.05) is 11.3 Å². The molecule has 0 spiro atoms. The number of rotatable bonds is 7. The number of benzene rings is 2. The molecule has 1 heterocycles. The van der Waals surface area contributed by atoms with Crippen molar-refractivity contribution in [3.63, 3.8) is 0 Å². The van der Waals surface area contributed by atoms with Gasteiger partial charge in [-0.3, -0.25) is 0 Å². The first kappa shape index (κ1) is 20.3. The first-order chi connectivity index (χ1) is 13.6. The van der Waals surface area contributed by atoms with Crippen molar-refractivity contribution in [1.82, 2.24) is 0 Å². The normalized spacial score (nSPS) is 19.4. The summed E-state index contributed by atoms with van der Waals surface area (Å²) in [4.78, 5) is 13.3. The first-order valence-corrected chi connectivity index (χ1v) is 12.1. The second-order valence-electron chi connectivity index (χ2n) is 7.34. The van der Waals surface area contributed by atoms with Crippen LogP contribution < -0.4 is 4.72 Å². The zero-order valence-corrected chi connectivity index (χ0v) is 19.0. The van der Waals surface area contributed by atoms with E-state index >= 15 is 0 Å². The van der Waals surface area contributed by atoms with Gasteiger partial charge in [0.15, 0.2) is 0 Å². The Balaban J connectivity index is 1.53. The summed E-state index contributed by atoms with van der Waals surface area (Å²) in [6.07, 6.45) is 6.06. The number of hydrogen-bond acceptors (Lipinski definition) is 6. The minimum atomic E-state index is 0.252. The molecule has 4 rings (SSSR count). The van der Waals surface area contributed by atoms with Gasteiger partial charge in [0, 0.05) is 21.7 Å². The lowest BCUT2D eigenvalue weighted by molar-refractivity contribution is 0.0728. The molecule has 2 aliphatic rings. The van der Waals surface area contributed by atoms with Crippen molar-refractivity contribution in [2.24, 2.45) is 5.18 Å². The lowest BCUT2D eigenvalue weighted by Crippen LogP contribution is -2.15. The maximum Gasteiger partial charge on any atom is 0.126 e. The number of nitrogens with one attached hydrogen (secondary N) is 1. The highest BCUT2D eigenvalue weighted by molar-refractivity contribution is 9.10. The van der Waals surface area contributed by atoms with Crippen LogP contribution in [0, 0.1) is 11.8 Å². The number of ether oxygens (including phenoxy) is 1. The summed E-state index contributed by atoms with van der Waals surface area (Å²) in [5, 5.41) is 3.22. The Hall–Kier alpha value is -1.02. The highest BCUT2D eigenvalue weighted by Crippen LogP contribution is 2.44. The lowest BCUT2D eigenvalue weighted by Gasteiger charge is -2.22. The van der Waals surface area contributed by atoms with Gasteiger partial charge in [-0.2, -0.15) is 0 Å². The fourth-order valence-corrected chi connectivity index (χ4v) is 6.07. The third kappa shape index (κ3) is 5.12. The highest BCUT2D eigenvalue weighted by Gasteiger charge is 2.25. The molecule has 1 N–H and O–H groups in total. The van der Waals surface area contributed by atoms with Crippen molar-refractivity contribution >= 4 is 51.0 Å². The average Bonchev–Trinajstić information content (AvgIpc) is 3.52. The summed E-state index contributed by atoms with van der Waals surface area (Å²) in [7, 11) is 0. The second-order valence-corrected chi connectivity index (χ2v) is 10.3. The monoisotopic (exact) mass is 478 g/mol. The number of thioether (sulfide) groups is 1. The number of nitrogens with zero attached hydrogens (tertiary/aromatic N) is 1. The maximum absolute atomic E-state index is 11.3. The number of hydrogen-bond donors (Lipinski definition) is 1. The predicted molar refractivity (Wildman–Crippen MR) is 122 cm³/mol. The molecule has 2 aromatic carbocycles. The van der Waals surface area contributed by atoms with Gasteiger partial charge in [-0.1, -0.05) is 27.7 Å². The Kier molecular flexibility index (Phi) is 6.66. The van der Waals surface area contributed by atoms with E-state index in [9.17, 15) is 4.91 Å². The van der Waals surface area contributed by atoms with E-state index in [1.54, 1.807) is 0 Å². The van der Waals surface area contributed by atoms with Crippen molar-refractivity contribution in [1.29, 1.82) is 0 Å². The quantitative estimate of drug-likeness (QED) is 0.325. The van der Waals surface area contributed by atoms with Gasteiger partial charge < -0.3 is 9.46 Å². The van der Waals surface area contributed by atoms with Gasteiger partial charge in [-0.15, -0.1) is 4.91 Å². The zero-order chi connectivity index (χ0) is 19.5. The molecule has 0 amide bonds. The Morgan fingerprint density at radius 3 is 2.71 bits per heavy atom. The topological polar surface area (TPSA) is 50.7 Å². The standard InChI is InChI=1S/C21H23BrN2O2S2/c1-13-8-16(22)11-19(21(13)23-25)28-24-17-9-15(14-5-6-14)10-18(12-17)27-20-4-2-3-7-26-20/h8-12,14,20,24H,2-7H2,1H3. The third-order valence-corrected chi connectivity index (χ3v) is 7.45. The largest absolute Gasteiger partial charge is 0.367 e. The number of nitroso groups, excluding NO2 is 1. The fourth-order valence-electron chi connectivity index (χ4n) is 3.37. The van der Waals surface area contributed by atoms with Crippen LogP contribution in [-0.2, 0) is 4.74 Å². The molecule has 2 fully saturated rings. The van der Waals surface area contributed by atoms with Crippen molar-refractivity contribution < 1.29 is 4.74 Å². The van der Waals surface area contributed by atoms with E-state index < -0.39 is 0 Å². The van der Waals surface area contributed by atoms with Gasteiger partial charge in [0.25, 0.3) is 0 Å². The first-order valence-electron chi connectivity index (χ1n) is 9.62. The van der Waals surface area contributed by atoms with Crippen LogP contribution in [0.3, 0.4) is 0 Å². The van der Waals surface area contributed by atoms with Crippen LogP contribution in [0.4, 0.5) is 11.4 Å². The van der Waals surface area contributed by atoms with Gasteiger partial charge in [-0.25, -0.2) is 0 Å². The molecule has 2 aromatic rings. The Morgan fingerprint density at radius 1 is 1.14 bits per heavy atom. The summed E-state index contributed by atoms with van der Waals surface area (Å²) >= 11 is 6.77. The van der Waals surface area contributed by atoms with Crippen molar-refractivity contribution in [3.05, 3.63) is 50.8 Å². The van der Waals surface area contributed by atoms with Crippen LogP contribution in [0.25, 0.3) is 0 Å². The Bertz CT molecular complexity index is 868. The van der Waals surface area contributed by atoms with E-state index in [0.29, 0.717) is 11.6 Å². The van der Waals surface area contributed by atoms with E-state index in [1.165, 1.54) is 48.1 Å². The van der Waals surface area contributed by atoms with Gasteiger partial charge in [-0.05, 0) is 104 Å². The maximum atomic E-state index is 11.3. The summed E-state index contributed by atoms with van der Waals surface area (Å²) < 4.78 is 10.3. The number of anilines is 1. The van der Waals surface area contributed by atoms with Crippen LogP contribution in [0.2, 0.25) is 0 Å². The van der Waals surface area contributed by atoms with E-state index in [4.69, 9.17) is 4.74 Å². The lowest BCUT2D eigenvalue weighted by atomic mass is 10.1. The minimum Gasteiger partial charge on any atom is -0.367 e. The van der Waals surface area contributed by atoms with E-state index in [-0.39, 0.29) is 5.44 Å². The fraction of sp³-hybridized carbons (Fsp3) is 0.429. The van der Waals surface area contributed by atoms with E-state index in [2.05, 4.69) is 44.0 Å². The van der Waals surface area contributed by atoms with E-state index in [0.717, 1.165) is 33.6 Å². The molecule has 1 unspecified atom stereocenters. The van der Waals surface area contributed by atoms with Crippen LogP contribution in [0.5, 0.6) is 0 Å². The minimum absolute atomic E-state index is 0.252. The molecular weight excluding hydrogens is 456 g/mol. The number of halogens is 1. The molecule has 0 radical (unpaired) electrons. The molecule has 1 saturated carbocycles. The SMILES string of the molecule is Cc1cc(Br)cc(SNc2cc(SC3CCCCO3)cc(C3CC3)c2)c1N=O. The zero-order valence-electron chi connectivity index (χ0n) is 15.7. The smallest absolute Gasteiger partial charge is 0.126 e. The molecule has 1 saturated heterocycles. The summed E-state index contributed by atoms with van der Waals surface area (Å²) in [6.45, 7) is 2.77. The van der Waals surface area contributed by atoms with Crippen molar-refractivity contribution in [3.8, 4) is 0 Å². The van der Waals surface area contributed by atoms with Gasteiger partial charge in [0.05, 0.1) is 4.90 Å². The molecule has 148 valence electrons. The Morgan fingerprint density at radius 2 is 2.00 bits per heavy atom. The van der Waals surface area contributed by atoms with Crippen LogP contribution in [0.1, 0.15) is 49.1 Å². The second kappa shape index (κ2) is 9.20. The molecule has 1 aliphatic heterocycles. The van der Waals surface area contributed by atoms with Crippen molar-refractivity contribution in [2.45, 2.75) is 60.2 Å². The summed E-state index contributed by atoms with van der Waals surface area (Å²) in [5.74, 6) is 0.679. The molecular formula is C21H23BrN2O2S2. The molecule has 7 heteroatoms. The average molecular weight is 479 g/mol. The molecule has 4 nitrogen and oxygen atoms in total. The molecule has 1 atom stereocenters. The van der Waals surface area contributed by atoms with Crippen LogP contribution >= 0.6 is 39.6 Å².